The first-order chi connectivity index (χ1) is 21.1. The number of hydrogen-bond donors (Lipinski definition) is 0. The smallest absolute Gasteiger partial charge is 0.273 e. The number of hydrogen-bond acceptors (Lipinski definition) is 2. The summed E-state index contributed by atoms with van der Waals surface area (Å²) in [6.07, 6.45) is 3.50. The molecule has 0 saturated heterocycles. The summed E-state index contributed by atoms with van der Waals surface area (Å²) in [6, 6.07) is 44.7. The van der Waals surface area contributed by atoms with Gasteiger partial charge in [0, 0.05) is 43.8 Å². The van der Waals surface area contributed by atoms with Gasteiger partial charge in [-0.25, -0.2) is 8.78 Å². The molecule has 2 aromatic heterocycles. The first-order valence-corrected chi connectivity index (χ1v) is 14.0. The third kappa shape index (κ3) is 4.48. The molecule has 0 unspecified atom stereocenters. The Balaban J connectivity index is 0.000000203. The summed E-state index contributed by atoms with van der Waals surface area (Å²) < 4.78 is 32.1. The molecule has 0 spiro atoms. The van der Waals surface area contributed by atoms with Crippen molar-refractivity contribution in [3.8, 4) is 22.5 Å². The zero-order valence-electron chi connectivity index (χ0n) is 23.2. The van der Waals surface area contributed by atoms with Crippen molar-refractivity contribution in [3.05, 3.63) is 157 Å². The van der Waals surface area contributed by atoms with Crippen molar-refractivity contribution in [3.63, 3.8) is 0 Å². The standard InChI is InChI=1S/C28H14F2N.C11H8N.Ir/c29-28(30)24-14-18-7-2-1-6-17(18)13-23(24)27-26-21(11-12-31-27)20-10-9-16-5-3-4-8-19(16)22(20)15-25(26)28;1-2-6-10(7-3-1)11-8-4-5-9-12-11;/h1-12,14-15H;1-6,8-9H;/q2*-1;. The van der Waals surface area contributed by atoms with Crippen LogP contribution in [0.25, 0.3) is 65.6 Å². The molecule has 0 N–H and O–H groups in total. The monoisotopic (exact) mass is 749 g/mol. The average Bonchev–Trinajstić information content (AvgIpc) is 3.07. The molecule has 6 aromatic carbocycles. The summed E-state index contributed by atoms with van der Waals surface area (Å²) in [5.41, 5.74) is 2.97. The number of nitrogens with zero attached hydrogens (tertiary/aromatic N) is 2. The predicted molar refractivity (Wildman–Crippen MR) is 170 cm³/mol. The Labute approximate surface area is 266 Å². The SMILES string of the molecule is FC1(F)c2cc3ccccc3[c-]c2-c2nccc3c2c1cc1c2ccccc2ccc31.[Ir].[c-]1ccccc1-c1ccccn1. The fraction of sp³-hybridized carbons (Fsp3) is 0.0256. The Morgan fingerprint density at radius 2 is 1.39 bits per heavy atom. The van der Waals surface area contributed by atoms with Crippen LogP contribution >= 0.6 is 0 Å². The summed E-state index contributed by atoms with van der Waals surface area (Å²) >= 11 is 0. The molecule has 1 aliphatic rings. The quantitative estimate of drug-likeness (QED) is 0.123. The first kappa shape index (κ1) is 28.0. The van der Waals surface area contributed by atoms with E-state index in [1.165, 1.54) is 0 Å². The molecule has 0 bridgehead atoms. The normalized spacial score (nSPS) is 12.8. The number of aromatic nitrogens is 2. The molecular formula is C39H22F2IrN2-2. The number of rotatable bonds is 1. The third-order valence-electron chi connectivity index (χ3n) is 8.12. The molecule has 44 heavy (non-hydrogen) atoms. The molecule has 8 aromatic rings. The predicted octanol–water partition coefficient (Wildman–Crippen LogP) is 10.2. The molecule has 2 heterocycles. The van der Waals surface area contributed by atoms with Crippen molar-refractivity contribution in [1.29, 1.82) is 0 Å². The van der Waals surface area contributed by atoms with Gasteiger partial charge in [-0.15, -0.1) is 59.5 Å². The Morgan fingerprint density at radius 3 is 2.20 bits per heavy atom. The minimum Gasteiger partial charge on any atom is -0.305 e. The number of pyridine rings is 2. The van der Waals surface area contributed by atoms with Crippen LogP contribution in [0.3, 0.4) is 0 Å². The maximum absolute atomic E-state index is 16.1. The summed E-state index contributed by atoms with van der Waals surface area (Å²) in [4.78, 5) is 8.77. The van der Waals surface area contributed by atoms with Crippen molar-refractivity contribution >= 4 is 43.1 Å². The molecule has 0 aliphatic heterocycles. The maximum atomic E-state index is 16.1. The zero-order chi connectivity index (χ0) is 29.0. The van der Waals surface area contributed by atoms with E-state index in [1.54, 1.807) is 24.5 Å². The van der Waals surface area contributed by atoms with Crippen LogP contribution in [-0.2, 0) is 26.0 Å². The van der Waals surface area contributed by atoms with Gasteiger partial charge in [0.1, 0.15) is 0 Å². The second kappa shape index (κ2) is 11.0. The maximum Gasteiger partial charge on any atom is 0.273 e. The van der Waals surface area contributed by atoms with E-state index in [0.717, 1.165) is 49.0 Å². The van der Waals surface area contributed by atoms with Gasteiger partial charge in [-0.1, -0.05) is 77.7 Å². The summed E-state index contributed by atoms with van der Waals surface area (Å²) in [5, 5.41) is 6.70. The van der Waals surface area contributed by atoms with Gasteiger partial charge < -0.3 is 4.98 Å². The fourth-order valence-corrected chi connectivity index (χ4v) is 6.12. The molecule has 5 heteroatoms. The Morgan fingerprint density at radius 1 is 0.591 bits per heavy atom. The minimum atomic E-state index is -3.14. The van der Waals surface area contributed by atoms with Crippen LogP contribution in [0.2, 0.25) is 0 Å². The van der Waals surface area contributed by atoms with Crippen molar-refractivity contribution in [2.24, 2.45) is 0 Å². The number of fused-ring (bicyclic) bond motifs is 7. The summed E-state index contributed by atoms with van der Waals surface area (Å²) in [7, 11) is 0. The van der Waals surface area contributed by atoms with Gasteiger partial charge in [0.15, 0.2) is 0 Å². The first-order valence-electron chi connectivity index (χ1n) is 14.0. The van der Waals surface area contributed by atoms with Gasteiger partial charge in [0.2, 0.25) is 0 Å². The summed E-state index contributed by atoms with van der Waals surface area (Å²) in [6.45, 7) is 0. The average molecular weight is 749 g/mol. The second-order valence-corrected chi connectivity index (χ2v) is 10.6. The minimum absolute atomic E-state index is 0. The van der Waals surface area contributed by atoms with Gasteiger partial charge in [-0.2, -0.15) is 0 Å². The fourth-order valence-electron chi connectivity index (χ4n) is 6.12. The van der Waals surface area contributed by atoms with Crippen molar-refractivity contribution in [1.82, 2.24) is 9.97 Å². The second-order valence-electron chi connectivity index (χ2n) is 10.6. The zero-order valence-corrected chi connectivity index (χ0v) is 25.6. The van der Waals surface area contributed by atoms with E-state index in [-0.39, 0.29) is 31.2 Å². The van der Waals surface area contributed by atoms with E-state index in [1.807, 2.05) is 109 Å². The van der Waals surface area contributed by atoms with E-state index in [4.69, 9.17) is 0 Å². The molecule has 1 aliphatic carbocycles. The van der Waals surface area contributed by atoms with E-state index >= 15 is 8.78 Å². The molecule has 0 amide bonds. The van der Waals surface area contributed by atoms with E-state index in [9.17, 15) is 0 Å². The van der Waals surface area contributed by atoms with E-state index < -0.39 is 5.92 Å². The van der Waals surface area contributed by atoms with Crippen LogP contribution in [0.15, 0.2) is 134 Å². The van der Waals surface area contributed by atoms with Gasteiger partial charge in [0.25, 0.3) is 5.92 Å². The van der Waals surface area contributed by atoms with Crippen LogP contribution in [0.4, 0.5) is 8.78 Å². The third-order valence-corrected chi connectivity index (χ3v) is 8.12. The molecule has 0 fully saturated rings. The Bertz CT molecular complexity index is 2280. The van der Waals surface area contributed by atoms with Crippen LogP contribution < -0.4 is 0 Å². The number of benzene rings is 6. The van der Waals surface area contributed by atoms with Gasteiger partial charge in [-0.3, -0.25) is 4.98 Å². The van der Waals surface area contributed by atoms with Crippen LogP contribution in [-0.4, -0.2) is 9.97 Å². The molecule has 2 nitrogen and oxygen atoms in total. The van der Waals surface area contributed by atoms with Gasteiger partial charge >= 0.3 is 0 Å². The Kier molecular flexibility index (Phi) is 7.01. The largest absolute Gasteiger partial charge is 0.305 e. The topological polar surface area (TPSA) is 25.8 Å². The molecule has 0 saturated carbocycles. The van der Waals surface area contributed by atoms with Crippen LogP contribution in [0.5, 0.6) is 0 Å². The van der Waals surface area contributed by atoms with Crippen molar-refractivity contribution in [2.75, 3.05) is 0 Å². The van der Waals surface area contributed by atoms with Gasteiger partial charge in [-0.05, 0) is 61.8 Å². The number of halogens is 2. The van der Waals surface area contributed by atoms with E-state index in [0.29, 0.717) is 16.6 Å². The van der Waals surface area contributed by atoms with E-state index in [2.05, 4.69) is 22.1 Å². The molecule has 9 rings (SSSR count). The van der Waals surface area contributed by atoms with Gasteiger partial charge in [0.05, 0.1) is 0 Å². The summed E-state index contributed by atoms with van der Waals surface area (Å²) in [5.74, 6) is -3.14. The van der Waals surface area contributed by atoms with Crippen molar-refractivity contribution < 1.29 is 28.9 Å². The van der Waals surface area contributed by atoms with Crippen LogP contribution in [0, 0.1) is 12.1 Å². The molecular weight excluding hydrogens is 727 g/mol. The molecule has 0 atom stereocenters. The molecule has 213 valence electrons. The molecule has 1 radical (unpaired) electrons. The Hall–Kier alpha value is -4.83. The number of alkyl halides is 2. The van der Waals surface area contributed by atoms with Crippen molar-refractivity contribution in [2.45, 2.75) is 5.92 Å². The van der Waals surface area contributed by atoms with Crippen LogP contribution in [0.1, 0.15) is 11.1 Å².